The van der Waals surface area contributed by atoms with Crippen LogP contribution in [0.5, 0.6) is 0 Å². The zero-order valence-corrected chi connectivity index (χ0v) is 15.0. The summed E-state index contributed by atoms with van der Waals surface area (Å²) in [4.78, 5) is 11.6. The van der Waals surface area contributed by atoms with Crippen molar-refractivity contribution in [2.24, 2.45) is 17.3 Å². The van der Waals surface area contributed by atoms with Gasteiger partial charge in [-0.2, -0.15) is 0 Å². The molecule has 3 aliphatic carbocycles. The normalized spacial score (nSPS) is 36.8. The highest BCUT2D eigenvalue weighted by Gasteiger charge is 2.54. The van der Waals surface area contributed by atoms with Crippen molar-refractivity contribution in [1.29, 1.82) is 0 Å². The van der Waals surface area contributed by atoms with Crippen molar-refractivity contribution in [2.45, 2.75) is 64.4 Å². The third-order valence-corrected chi connectivity index (χ3v) is 7.66. The van der Waals surface area contributed by atoms with Gasteiger partial charge in [-0.15, -0.1) is 0 Å². The van der Waals surface area contributed by atoms with E-state index in [1.165, 1.54) is 30.4 Å². The Hall–Kier alpha value is -1.61. The van der Waals surface area contributed by atoms with Crippen molar-refractivity contribution >= 4 is 16.8 Å². The number of benzene rings is 1. The van der Waals surface area contributed by atoms with Gasteiger partial charge in [-0.3, -0.25) is 4.79 Å². The van der Waals surface area contributed by atoms with E-state index < -0.39 is 0 Å². The van der Waals surface area contributed by atoms with Crippen LogP contribution in [0.2, 0.25) is 0 Å². The third-order valence-electron chi connectivity index (χ3n) is 7.66. The minimum absolute atomic E-state index is 0.0135. The molecule has 0 radical (unpaired) electrons. The van der Waals surface area contributed by atoms with E-state index >= 15 is 0 Å². The lowest BCUT2D eigenvalue weighted by atomic mass is 9.55. The van der Waals surface area contributed by atoms with Crippen LogP contribution in [0.3, 0.4) is 0 Å². The van der Waals surface area contributed by atoms with Gasteiger partial charge < -0.3 is 9.52 Å². The van der Waals surface area contributed by atoms with Crippen molar-refractivity contribution in [1.82, 2.24) is 0 Å². The fraction of sp³-hybridized carbons (Fsp3) is 0.591. The lowest BCUT2D eigenvalue weighted by Crippen LogP contribution is -2.43. The van der Waals surface area contributed by atoms with Crippen molar-refractivity contribution < 1.29 is 14.3 Å². The molecule has 1 aromatic carbocycles. The number of Topliss-reactive ketones (excluding diaryl/α,β-unsaturated/α-hetero) is 1. The van der Waals surface area contributed by atoms with Gasteiger partial charge >= 0.3 is 0 Å². The number of hydrogen-bond donors (Lipinski definition) is 1. The Kier molecular flexibility index (Phi) is 3.25. The monoisotopic (exact) mass is 338 g/mol. The van der Waals surface area contributed by atoms with E-state index in [1.807, 2.05) is 6.07 Å². The Morgan fingerprint density at radius 3 is 2.84 bits per heavy atom. The molecule has 3 heteroatoms. The number of furan rings is 1. The van der Waals surface area contributed by atoms with Gasteiger partial charge in [-0.25, -0.2) is 0 Å². The van der Waals surface area contributed by atoms with Crippen LogP contribution in [0.1, 0.15) is 73.6 Å². The molecule has 3 nitrogen and oxygen atoms in total. The molecule has 0 aliphatic heterocycles. The topological polar surface area (TPSA) is 50.4 Å². The minimum Gasteiger partial charge on any atom is -0.453 e. The van der Waals surface area contributed by atoms with Gasteiger partial charge in [0.2, 0.25) is 0 Å². The Morgan fingerprint density at radius 1 is 1.20 bits per heavy atom. The molecule has 1 N–H and O–H groups in total. The number of aliphatic hydroxyl groups excluding tert-OH is 1. The second-order valence-electron chi connectivity index (χ2n) is 8.81. The Balaban J connectivity index is 1.57. The maximum Gasteiger partial charge on any atom is 0.194 e. The van der Waals surface area contributed by atoms with Crippen molar-refractivity contribution in [3.63, 3.8) is 0 Å². The number of ketones is 1. The average molecular weight is 338 g/mol. The maximum absolute atomic E-state index is 11.6. The van der Waals surface area contributed by atoms with E-state index in [-0.39, 0.29) is 17.3 Å². The minimum atomic E-state index is -0.116. The number of hydrogen-bond acceptors (Lipinski definition) is 3. The highest BCUT2D eigenvalue weighted by Crippen LogP contribution is 2.61. The van der Waals surface area contributed by atoms with E-state index in [4.69, 9.17) is 4.42 Å². The molecule has 0 saturated heterocycles. The first-order valence-electron chi connectivity index (χ1n) is 9.73. The van der Waals surface area contributed by atoms with Crippen LogP contribution in [0.4, 0.5) is 0 Å². The summed E-state index contributed by atoms with van der Waals surface area (Å²) in [6.07, 6.45) is 6.64. The van der Waals surface area contributed by atoms with E-state index in [1.54, 1.807) is 6.92 Å². The molecule has 5 atom stereocenters. The summed E-state index contributed by atoms with van der Waals surface area (Å²) < 4.78 is 5.75. The summed E-state index contributed by atoms with van der Waals surface area (Å²) >= 11 is 0. The number of aliphatic hydroxyl groups is 1. The van der Waals surface area contributed by atoms with E-state index in [0.29, 0.717) is 23.5 Å². The summed E-state index contributed by atoms with van der Waals surface area (Å²) in [7, 11) is 0. The van der Waals surface area contributed by atoms with Gasteiger partial charge in [-0.05, 0) is 91.0 Å². The average Bonchev–Trinajstić information content (AvgIpc) is 3.14. The molecule has 2 aromatic rings. The molecular formula is C22H26O3. The molecule has 0 unspecified atom stereocenters. The van der Waals surface area contributed by atoms with Crippen LogP contribution in [-0.2, 0) is 6.42 Å². The molecule has 0 bridgehead atoms. The number of aryl methyl sites for hydroxylation is 1. The van der Waals surface area contributed by atoms with Crippen molar-refractivity contribution in [3.05, 3.63) is 35.1 Å². The zero-order chi connectivity index (χ0) is 17.3. The molecule has 3 aliphatic rings. The van der Waals surface area contributed by atoms with Crippen LogP contribution in [0.15, 0.2) is 22.6 Å². The highest BCUT2D eigenvalue weighted by molar-refractivity contribution is 5.96. The van der Waals surface area contributed by atoms with Gasteiger partial charge in [0.25, 0.3) is 0 Å². The number of fused-ring (bicyclic) bond motifs is 6. The first kappa shape index (κ1) is 15.6. The first-order chi connectivity index (χ1) is 12.0. The first-order valence-corrected chi connectivity index (χ1v) is 9.73. The van der Waals surface area contributed by atoms with Crippen LogP contribution in [0, 0.1) is 17.3 Å². The van der Waals surface area contributed by atoms with Gasteiger partial charge in [0.05, 0.1) is 6.10 Å². The summed E-state index contributed by atoms with van der Waals surface area (Å²) in [5.41, 5.74) is 3.85. The second kappa shape index (κ2) is 5.20. The molecule has 5 rings (SSSR count). The fourth-order valence-corrected chi connectivity index (χ4v) is 6.25. The maximum atomic E-state index is 11.6. The molecule has 1 heterocycles. The number of carbonyl (C=O) groups excluding carboxylic acids is 1. The summed E-state index contributed by atoms with van der Waals surface area (Å²) in [6.45, 7) is 3.88. The lowest BCUT2D eigenvalue weighted by molar-refractivity contribution is -0.0225. The number of rotatable bonds is 1. The van der Waals surface area contributed by atoms with E-state index in [9.17, 15) is 9.90 Å². The van der Waals surface area contributed by atoms with Gasteiger partial charge in [0.15, 0.2) is 11.5 Å². The molecule has 2 fully saturated rings. The molecule has 1 aromatic heterocycles. The lowest BCUT2D eigenvalue weighted by Gasteiger charge is -2.50. The molecule has 2 saturated carbocycles. The van der Waals surface area contributed by atoms with Gasteiger partial charge in [0, 0.05) is 12.3 Å². The Bertz CT molecular complexity index is 864. The molecule has 0 spiro atoms. The highest BCUT2D eigenvalue weighted by atomic mass is 16.3. The summed E-state index contributed by atoms with van der Waals surface area (Å²) in [5, 5.41) is 11.6. The van der Waals surface area contributed by atoms with E-state index in [0.717, 1.165) is 30.2 Å². The molecule has 132 valence electrons. The van der Waals surface area contributed by atoms with Crippen LogP contribution < -0.4 is 0 Å². The zero-order valence-electron chi connectivity index (χ0n) is 15.0. The van der Waals surface area contributed by atoms with Crippen LogP contribution in [0.25, 0.3) is 11.0 Å². The quantitative estimate of drug-likeness (QED) is 0.756. The summed E-state index contributed by atoms with van der Waals surface area (Å²) in [6, 6.07) is 6.35. The third kappa shape index (κ3) is 2.11. The SMILES string of the molecule is CC(=O)c1cc2cc3c(cc2o1)CC[C@@H]1[C@@H]3CC[C@]2(C)[C@@H](O)CC[C@@H]12. The standard InChI is InChI=1S/C22H26O3/c1-12(23)19-11-14-9-17-13(10-20(14)25-19)3-4-16-15(17)7-8-22(2)18(16)5-6-21(22)24/h9-11,15-16,18,21,24H,3-8H2,1-2H3/t15-,16+,18-,21-,22-/m0/s1. The predicted molar refractivity (Wildman–Crippen MR) is 96.8 cm³/mol. The van der Waals surface area contributed by atoms with Crippen molar-refractivity contribution in [2.75, 3.05) is 0 Å². The second-order valence-corrected chi connectivity index (χ2v) is 8.81. The smallest absolute Gasteiger partial charge is 0.194 e. The Morgan fingerprint density at radius 2 is 2.04 bits per heavy atom. The van der Waals surface area contributed by atoms with Gasteiger partial charge in [-0.1, -0.05) is 6.92 Å². The fourth-order valence-electron chi connectivity index (χ4n) is 6.25. The summed E-state index contributed by atoms with van der Waals surface area (Å²) in [5.74, 6) is 2.40. The molecule has 0 amide bonds. The van der Waals surface area contributed by atoms with Gasteiger partial charge in [0.1, 0.15) is 5.58 Å². The van der Waals surface area contributed by atoms with Crippen molar-refractivity contribution in [3.8, 4) is 0 Å². The molecular weight excluding hydrogens is 312 g/mol. The largest absolute Gasteiger partial charge is 0.453 e. The van der Waals surface area contributed by atoms with E-state index in [2.05, 4.69) is 19.1 Å². The number of carbonyl (C=O) groups is 1. The van der Waals surface area contributed by atoms with Crippen LogP contribution in [-0.4, -0.2) is 17.0 Å². The predicted octanol–water partition coefficient (Wildman–Crippen LogP) is 4.85. The van der Waals surface area contributed by atoms with Crippen LogP contribution >= 0.6 is 0 Å². The Labute approximate surface area is 148 Å². The molecule has 25 heavy (non-hydrogen) atoms.